The Hall–Kier alpha value is -3.78. The lowest BCUT2D eigenvalue weighted by atomic mass is 10.0. The lowest BCUT2D eigenvalue weighted by Gasteiger charge is -2.12. The lowest BCUT2D eigenvalue weighted by Crippen LogP contribution is -2.07. The van der Waals surface area contributed by atoms with Gasteiger partial charge in [-0.25, -0.2) is 9.97 Å². The normalized spacial score (nSPS) is 11.5. The monoisotopic (exact) mass is 495 g/mol. The van der Waals surface area contributed by atoms with Crippen molar-refractivity contribution in [2.24, 2.45) is 5.73 Å². The molecule has 0 fully saturated rings. The van der Waals surface area contributed by atoms with Gasteiger partial charge in [0.2, 0.25) is 0 Å². The van der Waals surface area contributed by atoms with Crippen molar-refractivity contribution >= 4 is 27.8 Å². The number of benzene rings is 3. The average molecular weight is 496 g/mol. The summed E-state index contributed by atoms with van der Waals surface area (Å²) in [4.78, 5) is 9.57. The van der Waals surface area contributed by atoms with Crippen molar-refractivity contribution < 1.29 is 9.84 Å². The highest BCUT2D eigenvalue weighted by Crippen LogP contribution is 2.31. The van der Waals surface area contributed by atoms with E-state index in [9.17, 15) is 5.11 Å². The molecule has 5 rings (SSSR count). The largest absolute Gasteiger partial charge is 0.392 e. The minimum Gasteiger partial charge on any atom is -0.392 e. The molecule has 7 nitrogen and oxygen atoms in total. The molecule has 2 aromatic heterocycles. The van der Waals surface area contributed by atoms with E-state index in [-0.39, 0.29) is 6.61 Å². The number of nitrogen functional groups attached to an aromatic ring is 1. The van der Waals surface area contributed by atoms with Crippen LogP contribution in [0.25, 0.3) is 21.9 Å². The van der Waals surface area contributed by atoms with E-state index in [0.717, 1.165) is 46.2 Å². The van der Waals surface area contributed by atoms with Gasteiger partial charge in [0.25, 0.3) is 0 Å². The van der Waals surface area contributed by atoms with Crippen LogP contribution in [0.2, 0.25) is 0 Å². The molecule has 5 N–H and O–H groups in total. The zero-order valence-electron chi connectivity index (χ0n) is 21.2. The number of pyridine rings is 1. The van der Waals surface area contributed by atoms with Crippen LogP contribution in [0.3, 0.4) is 0 Å². The van der Waals surface area contributed by atoms with Crippen molar-refractivity contribution in [2.45, 2.75) is 39.5 Å². The van der Waals surface area contributed by atoms with E-state index in [1.54, 1.807) is 0 Å². The smallest absolute Gasteiger partial charge is 0.152 e. The van der Waals surface area contributed by atoms with Crippen LogP contribution in [0.15, 0.2) is 66.7 Å². The quantitative estimate of drug-likeness (QED) is 0.266. The van der Waals surface area contributed by atoms with Crippen LogP contribution in [0.5, 0.6) is 0 Å². The fraction of sp³-hybridized carbons (Fsp3) is 0.267. The molecule has 0 amide bonds. The van der Waals surface area contributed by atoms with Gasteiger partial charge in [0.1, 0.15) is 17.9 Å². The summed E-state index contributed by atoms with van der Waals surface area (Å²) >= 11 is 0. The topological polar surface area (TPSA) is 112 Å². The van der Waals surface area contributed by atoms with E-state index in [0.29, 0.717) is 37.6 Å². The zero-order valence-corrected chi connectivity index (χ0v) is 21.2. The third-order valence-electron chi connectivity index (χ3n) is 6.69. The summed E-state index contributed by atoms with van der Waals surface area (Å²) < 4.78 is 7.92. The van der Waals surface area contributed by atoms with Crippen molar-refractivity contribution in [3.8, 4) is 0 Å². The summed E-state index contributed by atoms with van der Waals surface area (Å²) in [5.41, 5.74) is 20.3. The highest BCUT2D eigenvalue weighted by Gasteiger charge is 2.18. The lowest BCUT2D eigenvalue weighted by molar-refractivity contribution is 0.126. The summed E-state index contributed by atoms with van der Waals surface area (Å²) in [5.74, 6) is 1.23. The molecule has 5 aromatic rings. The van der Waals surface area contributed by atoms with Crippen molar-refractivity contribution in [3.63, 3.8) is 0 Å². The molecule has 37 heavy (non-hydrogen) atoms. The molecule has 2 heterocycles. The number of ether oxygens (including phenoxy) is 1. The Kier molecular flexibility index (Phi) is 7.46. The number of rotatable bonds is 10. The minimum atomic E-state index is 0.0247. The van der Waals surface area contributed by atoms with Gasteiger partial charge in [-0.2, -0.15) is 0 Å². The van der Waals surface area contributed by atoms with Crippen LogP contribution in [-0.4, -0.2) is 32.8 Å². The number of hydrogen-bond acceptors (Lipinski definition) is 6. The molecule has 0 aliphatic heterocycles. The van der Waals surface area contributed by atoms with Gasteiger partial charge in [-0.15, -0.1) is 0 Å². The molecule has 0 aliphatic rings. The second-order valence-electron chi connectivity index (χ2n) is 9.30. The number of nitrogens with zero attached hydrogens (tertiary/aromatic N) is 3. The third kappa shape index (κ3) is 5.34. The van der Waals surface area contributed by atoms with Crippen molar-refractivity contribution in [2.75, 3.05) is 18.9 Å². The van der Waals surface area contributed by atoms with Crippen LogP contribution >= 0.6 is 0 Å². The number of aliphatic hydroxyl groups is 1. The average Bonchev–Trinajstić information content (AvgIpc) is 3.28. The van der Waals surface area contributed by atoms with E-state index < -0.39 is 0 Å². The van der Waals surface area contributed by atoms with Gasteiger partial charge in [0.15, 0.2) is 5.82 Å². The summed E-state index contributed by atoms with van der Waals surface area (Å²) in [6, 6.07) is 23.0. The van der Waals surface area contributed by atoms with Gasteiger partial charge in [-0.1, -0.05) is 60.7 Å². The standard InChI is InChI=1S/C30H33N5O2/c1-2-37-19-27-34-28-29(35(27)17-22-7-9-23(18-36)10-8-22)25-12-11-24(16-26(25)33-30(28)32)15-21-5-3-20(4-6-21)13-14-31/h3-12,16,36H,2,13-15,17-19,31H2,1H3,(H2,32,33). The Labute approximate surface area is 216 Å². The SMILES string of the molecule is CCOCc1nc2c(N)nc3cc(Cc4ccc(CCN)cc4)ccc3c2n1Cc1ccc(CO)cc1. The molecule has 190 valence electrons. The van der Waals surface area contributed by atoms with E-state index in [1.807, 2.05) is 31.2 Å². The molecule has 0 unspecified atom stereocenters. The Morgan fingerprint density at radius 1 is 0.865 bits per heavy atom. The Balaban J connectivity index is 1.56. The Bertz CT molecular complexity index is 1510. The summed E-state index contributed by atoms with van der Waals surface area (Å²) in [5, 5.41) is 10.4. The van der Waals surface area contributed by atoms with E-state index in [1.165, 1.54) is 16.7 Å². The fourth-order valence-corrected chi connectivity index (χ4v) is 4.75. The first-order valence-corrected chi connectivity index (χ1v) is 12.7. The van der Waals surface area contributed by atoms with Crippen LogP contribution in [-0.2, 0) is 37.3 Å². The molecule has 0 atom stereocenters. The maximum Gasteiger partial charge on any atom is 0.152 e. The number of fused-ring (bicyclic) bond motifs is 3. The number of imidazole rings is 1. The number of aliphatic hydroxyl groups excluding tert-OH is 1. The maximum atomic E-state index is 9.41. The summed E-state index contributed by atoms with van der Waals surface area (Å²) in [6.45, 7) is 4.25. The van der Waals surface area contributed by atoms with Crippen molar-refractivity contribution in [1.82, 2.24) is 14.5 Å². The van der Waals surface area contributed by atoms with Crippen LogP contribution < -0.4 is 11.5 Å². The second-order valence-corrected chi connectivity index (χ2v) is 9.30. The van der Waals surface area contributed by atoms with E-state index >= 15 is 0 Å². The first-order chi connectivity index (χ1) is 18.1. The number of aromatic nitrogens is 3. The van der Waals surface area contributed by atoms with E-state index in [2.05, 4.69) is 47.0 Å². The molecule has 0 aliphatic carbocycles. The number of anilines is 1. The van der Waals surface area contributed by atoms with Crippen LogP contribution in [0, 0.1) is 0 Å². The molecule has 0 radical (unpaired) electrons. The van der Waals surface area contributed by atoms with Gasteiger partial charge in [0, 0.05) is 18.5 Å². The molecule has 0 spiro atoms. The molecule has 7 heteroatoms. The predicted molar refractivity (Wildman–Crippen MR) is 148 cm³/mol. The number of nitrogens with two attached hydrogens (primary N) is 2. The number of hydrogen-bond donors (Lipinski definition) is 3. The Morgan fingerprint density at radius 2 is 1.54 bits per heavy atom. The van der Waals surface area contributed by atoms with Gasteiger partial charge in [-0.05, 0) is 60.2 Å². The van der Waals surface area contributed by atoms with E-state index in [4.69, 9.17) is 26.2 Å². The molecule has 0 saturated heterocycles. The molecule has 0 saturated carbocycles. The highest BCUT2D eigenvalue weighted by atomic mass is 16.5. The van der Waals surface area contributed by atoms with Crippen LogP contribution in [0.4, 0.5) is 5.82 Å². The molecule has 0 bridgehead atoms. The Morgan fingerprint density at radius 3 is 2.24 bits per heavy atom. The van der Waals surface area contributed by atoms with Crippen LogP contribution in [0.1, 0.15) is 40.6 Å². The van der Waals surface area contributed by atoms with Gasteiger partial charge < -0.3 is 25.9 Å². The molecular formula is C30H33N5O2. The first kappa shape index (κ1) is 24.9. The van der Waals surface area contributed by atoms with Crippen molar-refractivity contribution in [3.05, 3.63) is 100 Å². The third-order valence-corrected chi connectivity index (χ3v) is 6.69. The first-order valence-electron chi connectivity index (χ1n) is 12.7. The fourth-order valence-electron chi connectivity index (χ4n) is 4.75. The van der Waals surface area contributed by atoms with Gasteiger partial charge in [-0.3, -0.25) is 0 Å². The highest BCUT2D eigenvalue weighted by molar-refractivity contribution is 6.06. The minimum absolute atomic E-state index is 0.0247. The summed E-state index contributed by atoms with van der Waals surface area (Å²) in [6.07, 6.45) is 1.70. The van der Waals surface area contributed by atoms with Gasteiger partial charge >= 0.3 is 0 Å². The molecule has 3 aromatic carbocycles. The second kappa shape index (κ2) is 11.1. The zero-order chi connectivity index (χ0) is 25.8. The van der Waals surface area contributed by atoms with Gasteiger partial charge in [0.05, 0.1) is 17.6 Å². The molecular weight excluding hydrogens is 462 g/mol. The van der Waals surface area contributed by atoms with Crippen molar-refractivity contribution in [1.29, 1.82) is 0 Å². The predicted octanol–water partition coefficient (Wildman–Crippen LogP) is 4.34. The summed E-state index contributed by atoms with van der Waals surface area (Å²) in [7, 11) is 0. The maximum absolute atomic E-state index is 9.41.